The average molecular weight is 688 g/mol. The fourth-order valence-corrected chi connectivity index (χ4v) is 7.45. The van der Waals surface area contributed by atoms with E-state index < -0.39 is 0 Å². The molecule has 0 bridgehead atoms. The standard InChI is InChI=1S/C51H33N3/c1-3-10-40-28-43(26-20-34(40)8-1)42-13-7-14-45(30-42)51-53-49(31-50(54-51)44-27-21-35-9-2-4-11-41(35)29-44)39-24-18-37(19-25-39)36-16-22-38(23-17-36)48-33-52-32-46-12-5-6-15-47(46)48/h1-33H. The Morgan fingerprint density at radius 2 is 0.778 bits per heavy atom. The van der Waals surface area contributed by atoms with Crippen molar-refractivity contribution in [1.29, 1.82) is 0 Å². The summed E-state index contributed by atoms with van der Waals surface area (Å²) < 4.78 is 0. The number of hydrogen-bond acceptors (Lipinski definition) is 3. The maximum atomic E-state index is 5.20. The summed E-state index contributed by atoms with van der Waals surface area (Å²) in [4.78, 5) is 14.9. The van der Waals surface area contributed by atoms with E-state index in [1.807, 2.05) is 12.4 Å². The van der Waals surface area contributed by atoms with Crippen LogP contribution in [0.3, 0.4) is 0 Å². The van der Waals surface area contributed by atoms with E-state index in [4.69, 9.17) is 9.97 Å². The summed E-state index contributed by atoms with van der Waals surface area (Å²) in [5.74, 6) is 0.695. The number of pyridine rings is 1. The zero-order valence-electron chi connectivity index (χ0n) is 29.4. The lowest BCUT2D eigenvalue weighted by Gasteiger charge is -2.12. The molecule has 0 aliphatic carbocycles. The summed E-state index contributed by atoms with van der Waals surface area (Å²) in [6, 6.07) is 66.6. The summed E-state index contributed by atoms with van der Waals surface area (Å²) in [6.45, 7) is 0. The number of fused-ring (bicyclic) bond motifs is 3. The van der Waals surface area contributed by atoms with Crippen molar-refractivity contribution in [3.63, 3.8) is 0 Å². The van der Waals surface area contributed by atoms with Crippen molar-refractivity contribution in [2.45, 2.75) is 0 Å². The lowest BCUT2D eigenvalue weighted by Crippen LogP contribution is -1.96. The summed E-state index contributed by atoms with van der Waals surface area (Å²) in [7, 11) is 0. The van der Waals surface area contributed by atoms with Crippen LogP contribution in [0.4, 0.5) is 0 Å². The molecule has 8 aromatic carbocycles. The second kappa shape index (κ2) is 13.4. The van der Waals surface area contributed by atoms with Crippen LogP contribution in [0.15, 0.2) is 200 Å². The van der Waals surface area contributed by atoms with Crippen molar-refractivity contribution < 1.29 is 0 Å². The monoisotopic (exact) mass is 687 g/mol. The van der Waals surface area contributed by atoms with E-state index in [1.165, 1.54) is 32.5 Å². The van der Waals surface area contributed by atoms with Gasteiger partial charge in [-0.2, -0.15) is 0 Å². The molecule has 10 rings (SSSR count). The van der Waals surface area contributed by atoms with E-state index in [-0.39, 0.29) is 0 Å². The highest BCUT2D eigenvalue weighted by Crippen LogP contribution is 2.34. The third kappa shape index (κ3) is 5.98. The molecule has 54 heavy (non-hydrogen) atoms. The summed E-state index contributed by atoms with van der Waals surface area (Å²) in [5.41, 5.74) is 11.7. The molecule has 0 amide bonds. The topological polar surface area (TPSA) is 38.7 Å². The minimum Gasteiger partial charge on any atom is -0.263 e. The quantitative estimate of drug-likeness (QED) is 0.175. The van der Waals surface area contributed by atoms with Gasteiger partial charge in [-0.15, -0.1) is 0 Å². The molecule has 3 nitrogen and oxygen atoms in total. The lowest BCUT2D eigenvalue weighted by molar-refractivity contribution is 1.18. The molecule has 0 radical (unpaired) electrons. The molecule has 0 atom stereocenters. The van der Waals surface area contributed by atoms with Crippen molar-refractivity contribution in [3.8, 4) is 67.3 Å². The third-order valence-electron chi connectivity index (χ3n) is 10.4. The van der Waals surface area contributed by atoms with Gasteiger partial charge in [0.05, 0.1) is 11.4 Å². The zero-order valence-corrected chi connectivity index (χ0v) is 29.4. The fraction of sp³-hybridized carbons (Fsp3) is 0. The third-order valence-corrected chi connectivity index (χ3v) is 10.4. The van der Waals surface area contributed by atoms with Crippen molar-refractivity contribution in [2.24, 2.45) is 0 Å². The molecule has 0 fully saturated rings. The van der Waals surface area contributed by atoms with Gasteiger partial charge < -0.3 is 0 Å². The molecule has 0 saturated carbocycles. The van der Waals surface area contributed by atoms with Crippen LogP contribution in [0.1, 0.15) is 0 Å². The Morgan fingerprint density at radius 3 is 1.48 bits per heavy atom. The van der Waals surface area contributed by atoms with Gasteiger partial charge in [0.2, 0.25) is 0 Å². The first-order valence-corrected chi connectivity index (χ1v) is 18.2. The van der Waals surface area contributed by atoms with Crippen LogP contribution in [0.2, 0.25) is 0 Å². The molecule has 0 aliphatic rings. The zero-order chi connectivity index (χ0) is 35.8. The lowest BCUT2D eigenvalue weighted by atomic mass is 9.97. The van der Waals surface area contributed by atoms with Gasteiger partial charge in [0.15, 0.2) is 5.82 Å². The second-order valence-electron chi connectivity index (χ2n) is 13.7. The highest BCUT2D eigenvalue weighted by atomic mass is 14.9. The minimum absolute atomic E-state index is 0.695. The first kappa shape index (κ1) is 31.5. The molecule has 2 aromatic heterocycles. The van der Waals surface area contributed by atoms with Gasteiger partial charge in [-0.3, -0.25) is 4.98 Å². The molecule has 0 unspecified atom stereocenters. The number of nitrogens with zero attached hydrogens (tertiary/aromatic N) is 3. The van der Waals surface area contributed by atoms with Gasteiger partial charge in [-0.05, 0) is 79.0 Å². The second-order valence-corrected chi connectivity index (χ2v) is 13.7. The molecule has 3 heteroatoms. The smallest absolute Gasteiger partial charge is 0.160 e. The van der Waals surface area contributed by atoms with Crippen LogP contribution in [0.5, 0.6) is 0 Å². The van der Waals surface area contributed by atoms with Gasteiger partial charge in [0.25, 0.3) is 0 Å². The predicted molar refractivity (Wildman–Crippen MR) is 225 cm³/mol. The van der Waals surface area contributed by atoms with E-state index in [1.54, 1.807) is 0 Å². The molecule has 0 N–H and O–H groups in total. The van der Waals surface area contributed by atoms with Crippen molar-refractivity contribution in [1.82, 2.24) is 15.0 Å². The largest absolute Gasteiger partial charge is 0.263 e. The molecule has 0 spiro atoms. The van der Waals surface area contributed by atoms with Gasteiger partial charge >= 0.3 is 0 Å². The normalized spacial score (nSPS) is 11.3. The Bertz CT molecular complexity index is 2980. The van der Waals surface area contributed by atoms with Crippen molar-refractivity contribution in [3.05, 3.63) is 200 Å². The Labute approximate surface area is 313 Å². The maximum Gasteiger partial charge on any atom is 0.160 e. The molecular formula is C51H33N3. The van der Waals surface area contributed by atoms with Gasteiger partial charge in [0, 0.05) is 40.0 Å². The first-order chi connectivity index (χ1) is 26.7. The first-order valence-electron chi connectivity index (χ1n) is 18.2. The van der Waals surface area contributed by atoms with E-state index >= 15 is 0 Å². The SMILES string of the molecule is c1cc(-c2ccc3ccccc3c2)cc(-c2nc(-c3ccc(-c4ccc(-c5cncc6ccccc56)cc4)cc3)cc(-c3ccc4ccccc4c3)n2)c1. The Kier molecular flexibility index (Phi) is 7.81. The van der Waals surface area contributed by atoms with Crippen LogP contribution in [0.25, 0.3) is 99.6 Å². The summed E-state index contributed by atoms with van der Waals surface area (Å²) >= 11 is 0. The van der Waals surface area contributed by atoms with Crippen LogP contribution >= 0.6 is 0 Å². The van der Waals surface area contributed by atoms with E-state index in [0.29, 0.717) is 5.82 Å². The minimum atomic E-state index is 0.695. The van der Waals surface area contributed by atoms with Crippen molar-refractivity contribution >= 4 is 32.3 Å². The molecule has 0 saturated heterocycles. The fourth-order valence-electron chi connectivity index (χ4n) is 7.45. The average Bonchev–Trinajstić information content (AvgIpc) is 3.26. The summed E-state index contributed by atoms with van der Waals surface area (Å²) in [6.07, 6.45) is 3.87. The number of aromatic nitrogens is 3. The molecule has 2 heterocycles. The van der Waals surface area contributed by atoms with Crippen LogP contribution in [-0.4, -0.2) is 15.0 Å². The highest BCUT2D eigenvalue weighted by molar-refractivity contribution is 5.96. The van der Waals surface area contributed by atoms with E-state index in [2.05, 4.69) is 193 Å². The van der Waals surface area contributed by atoms with Gasteiger partial charge in [-0.1, -0.05) is 164 Å². The predicted octanol–water partition coefficient (Wildman–Crippen LogP) is 13.3. The van der Waals surface area contributed by atoms with Crippen LogP contribution < -0.4 is 0 Å². The molecular weight excluding hydrogens is 655 g/mol. The van der Waals surface area contributed by atoms with Crippen molar-refractivity contribution in [2.75, 3.05) is 0 Å². The Hall–Kier alpha value is -7.23. The Balaban J connectivity index is 1.02. The van der Waals surface area contributed by atoms with Gasteiger partial charge in [0.1, 0.15) is 0 Å². The molecule has 10 aromatic rings. The Morgan fingerprint density at radius 1 is 0.278 bits per heavy atom. The highest BCUT2D eigenvalue weighted by Gasteiger charge is 2.13. The number of benzene rings is 8. The number of hydrogen-bond donors (Lipinski definition) is 0. The maximum absolute atomic E-state index is 5.20. The van der Waals surface area contributed by atoms with E-state index in [0.717, 1.165) is 61.3 Å². The van der Waals surface area contributed by atoms with Gasteiger partial charge in [-0.25, -0.2) is 9.97 Å². The van der Waals surface area contributed by atoms with E-state index in [9.17, 15) is 0 Å². The molecule has 0 aliphatic heterocycles. The van der Waals surface area contributed by atoms with Crippen LogP contribution in [-0.2, 0) is 0 Å². The van der Waals surface area contributed by atoms with Crippen LogP contribution in [0, 0.1) is 0 Å². The summed E-state index contributed by atoms with van der Waals surface area (Å²) in [5, 5.41) is 7.19. The molecule has 252 valence electrons. The number of rotatable bonds is 6.